The lowest BCUT2D eigenvalue weighted by atomic mass is 10.1. The van der Waals surface area contributed by atoms with Gasteiger partial charge in [-0.3, -0.25) is 4.79 Å². The van der Waals surface area contributed by atoms with E-state index in [1.807, 2.05) is 19.1 Å². The molecule has 1 saturated heterocycles. The zero-order chi connectivity index (χ0) is 13.8. The van der Waals surface area contributed by atoms with Crippen LogP contribution in [-0.4, -0.2) is 41.9 Å². The number of carbonyl (C=O) groups is 1. The predicted octanol–water partition coefficient (Wildman–Crippen LogP) is 0.657. The number of fused-ring (bicyclic) bond motifs is 1. The molecule has 0 bridgehead atoms. The smallest absolute Gasteiger partial charge is 0.260 e. The van der Waals surface area contributed by atoms with Gasteiger partial charge < -0.3 is 20.0 Å². The third-order valence-electron chi connectivity index (χ3n) is 4.05. The Morgan fingerprint density at radius 2 is 2.16 bits per heavy atom. The minimum atomic E-state index is -1.05. The Labute approximate surface area is 112 Å². The Hall–Kier alpha value is -1.59. The topological polar surface area (TPSA) is 64.0 Å². The number of hydrogen-bond acceptors (Lipinski definition) is 4. The molecule has 2 N–H and O–H groups in total. The summed E-state index contributed by atoms with van der Waals surface area (Å²) in [7, 11) is 1.67. The third-order valence-corrected chi connectivity index (χ3v) is 4.05. The van der Waals surface area contributed by atoms with Crippen molar-refractivity contribution in [2.75, 3.05) is 29.9 Å². The van der Waals surface area contributed by atoms with Crippen molar-refractivity contribution in [3.63, 3.8) is 0 Å². The monoisotopic (exact) mass is 262 g/mol. The average Bonchev–Trinajstić information content (AvgIpc) is 2.84. The fourth-order valence-corrected chi connectivity index (χ4v) is 2.85. The molecule has 19 heavy (non-hydrogen) atoms. The van der Waals surface area contributed by atoms with E-state index in [4.69, 9.17) is 0 Å². The second-order valence-electron chi connectivity index (χ2n) is 5.71. The molecule has 0 spiro atoms. The van der Waals surface area contributed by atoms with E-state index in [-0.39, 0.29) is 5.91 Å². The van der Waals surface area contributed by atoms with Crippen LogP contribution in [0.2, 0.25) is 0 Å². The Kier molecular flexibility index (Phi) is 2.59. The first-order chi connectivity index (χ1) is 8.89. The zero-order valence-corrected chi connectivity index (χ0v) is 11.1. The fraction of sp³-hybridized carbons (Fsp3) is 0.500. The summed E-state index contributed by atoms with van der Waals surface area (Å²) >= 11 is 0. The second kappa shape index (κ2) is 3.95. The molecule has 2 atom stereocenters. The van der Waals surface area contributed by atoms with Gasteiger partial charge in [0.1, 0.15) is 0 Å². The van der Waals surface area contributed by atoms with Gasteiger partial charge in [0.05, 0.1) is 11.3 Å². The molecule has 2 unspecified atom stereocenters. The fourth-order valence-electron chi connectivity index (χ4n) is 2.85. The molecule has 3 rings (SSSR count). The van der Waals surface area contributed by atoms with Crippen molar-refractivity contribution in [3.8, 4) is 0 Å². The number of carbonyl (C=O) groups excluding carboxylic acids is 1. The van der Waals surface area contributed by atoms with E-state index in [9.17, 15) is 15.0 Å². The van der Waals surface area contributed by atoms with Crippen molar-refractivity contribution in [2.24, 2.45) is 0 Å². The number of hydrogen-bond donors (Lipinski definition) is 2. The average molecular weight is 262 g/mol. The van der Waals surface area contributed by atoms with Crippen LogP contribution in [0.3, 0.4) is 0 Å². The molecule has 1 aromatic rings. The minimum absolute atomic E-state index is 0.291. The van der Waals surface area contributed by atoms with Gasteiger partial charge in [0.2, 0.25) is 0 Å². The van der Waals surface area contributed by atoms with E-state index < -0.39 is 11.7 Å². The van der Waals surface area contributed by atoms with E-state index in [2.05, 4.69) is 4.90 Å². The molecular weight excluding hydrogens is 244 g/mol. The van der Waals surface area contributed by atoms with Crippen LogP contribution >= 0.6 is 0 Å². The summed E-state index contributed by atoms with van der Waals surface area (Å²) in [6, 6.07) is 5.60. The van der Waals surface area contributed by atoms with Gasteiger partial charge in [-0.15, -0.1) is 0 Å². The van der Waals surface area contributed by atoms with Gasteiger partial charge in [-0.25, -0.2) is 0 Å². The Morgan fingerprint density at radius 3 is 2.79 bits per heavy atom. The van der Waals surface area contributed by atoms with Gasteiger partial charge in [-0.2, -0.15) is 0 Å². The predicted molar refractivity (Wildman–Crippen MR) is 72.3 cm³/mol. The molecule has 0 aliphatic carbocycles. The standard InChI is InChI=1S/C14H18N2O3/c1-14(19)5-6-16(8-14)9-3-4-10-11(7-9)15(2)13(18)12(10)17/h3-4,7,12,17,19H,5-6,8H2,1-2H3. The van der Waals surface area contributed by atoms with E-state index in [1.54, 1.807) is 13.1 Å². The highest BCUT2D eigenvalue weighted by molar-refractivity contribution is 6.03. The van der Waals surface area contributed by atoms with Crippen LogP contribution in [0.4, 0.5) is 11.4 Å². The summed E-state index contributed by atoms with van der Waals surface area (Å²) in [6.07, 6.45) is -0.308. The summed E-state index contributed by atoms with van der Waals surface area (Å²) in [5, 5.41) is 19.8. The molecule has 2 aliphatic heterocycles. The van der Waals surface area contributed by atoms with Crippen LogP contribution in [0.5, 0.6) is 0 Å². The second-order valence-corrected chi connectivity index (χ2v) is 5.71. The number of amides is 1. The van der Waals surface area contributed by atoms with E-state index in [0.717, 1.165) is 24.3 Å². The molecule has 5 heteroatoms. The number of benzene rings is 1. The van der Waals surface area contributed by atoms with Gasteiger partial charge >= 0.3 is 0 Å². The van der Waals surface area contributed by atoms with E-state index in [1.165, 1.54) is 4.90 Å². The Bertz CT molecular complexity index is 541. The van der Waals surface area contributed by atoms with Crippen molar-refractivity contribution < 1.29 is 15.0 Å². The lowest BCUT2D eigenvalue weighted by Crippen LogP contribution is -2.29. The molecule has 0 radical (unpaired) electrons. The van der Waals surface area contributed by atoms with Crippen molar-refractivity contribution in [2.45, 2.75) is 25.0 Å². The minimum Gasteiger partial charge on any atom is -0.388 e. The van der Waals surface area contributed by atoms with Gasteiger partial charge in [-0.05, 0) is 25.5 Å². The molecule has 5 nitrogen and oxygen atoms in total. The molecule has 102 valence electrons. The van der Waals surface area contributed by atoms with Crippen LogP contribution in [0, 0.1) is 0 Å². The van der Waals surface area contributed by atoms with Crippen molar-refractivity contribution >= 4 is 17.3 Å². The first-order valence-electron chi connectivity index (χ1n) is 6.46. The highest BCUT2D eigenvalue weighted by atomic mass is 16.3. The highest BCUT2D eigenvalue weighted by Crippen LogP contribution is 2.38. The summed E-state index contributed by atoms with van der Waals surface area (Å²) in [6.45, 7) is 3.22. The van der Waals surface area contributed by atoms with Crippen LogP contribution in [0.15, 0.2) is 18.2 Å². The van der Waals surface area contributed by atoms with Crippen LogP contribution in [-0.2, 0) is 4.79 Å². The maximum Gasteiger partial charge on any atom is 0.260 e. The van der Waals surface area contributed by atoms with E-state index in [0.29, 0.717) is 12.1 Å². The first-order valence-corrected chi connectivity index (χ1v) is 6.46. The number of β-amino-alcohol motifs (C(OH)–C–C–N with tert-alkyl or cyclic N) is 1. The summed E-state index contributed by atoms with van der Waals surface area (Å²) in [5.74, 6) is -0.291. The molecule has 1 fully saturated rings. The lowest BCUT2D eigenvalue weighted by Gasteiger charge is -2.22. The largest absolute Gasteiger partial charge is 0.388 e. The Balaban J connectivity index is 1.93. The van der Waals surface area contributed by atoms with E-state index >= 15 is 0 Å². The SMILES string of the molecule is CN1C(=O)C(O)c2ccc(N3CCC(C)(O)C3)cc21. The molecule has 1 amide bonds. The zero-order valence-electron chi connectivity index (χ0n) is 11.1. The Morgan fingerprint density at radius 1 is 1.42 bits per heavy atom. The molecule has 2 aliphatic rings. The van der Waals surface area contributed by atoms with Crippen LogP contribution in [0.1, 0.15) is 25.0 Å². The summed E-state index contributed by atoms with van der Waals surface area (Å²) in [5.41, 5.74) is 1.73. The van der Waals surface area contributed by atoms with Crippen molar-refractivity contribution in [1.29, 1.82) is 0 Å². The summed E-state index contributed by atoms with van der Waals surface area (Å²) < 4.78 is 0. The van der Waals surface area contributed by atoms with Crippen molar-refractivity contribution in [1.82, 2.24) is 0 Å². The first kappa shape index (κ1) is 12.4. The number of aliphatic hydroxyl groups is 2. The molecular formula is C14H18N2O3. The maximum atomic E-state index is 11.7. The van der Waals surface area contributed by atoms with Gasteiger partial charge in [0, 0.05) is 31.4 Å². The highest BCUT2D eigenvalue weighted by Gasteiger charge is 2.35. The summed E-state index contributed by atoms with van der Waals surface area (Å²) in [4.78, 5) is 15.3. The molecule has 0 aromatic heterocycles. The number of aliphatic hydroxyl groups excluding tert-OH is 1. The molecule has 1 aromatic carbocycles. The van der Waals surface area contributed by atoms with Crippen molar-refractivity contribution in [3.05, 3.63) is 23.8 Å². The van der Waals surface area contributed by atoms with Gasteiger partial charge in [0.15, 0.2) is 6.10 Å². The maximum absolute atomic E-state index is 11.7. The van der Waals surface area contributed by atoms with Gasteiger partial charge in [0.25, 0.3) is 5.91 Å². The lowest BCUT2D eigenvalue weighted by molar-refractivity contribution is -0.125. The van der Waals surface area contributed by atoms with Crippen LogP contribution in [0.25, 0.3) is 0 Å². The molecule has 0 saturated carbocycles. The van der Waals surface area contributed by atoms with Crippen LogP contribution < -0.4 is 9.80 Å². The quantitative estimate of drug-likeness (QED) is 0.780. The van der Waals surface area contributed by atoms with Gasteiger partial charge in [-0.1, -0.05) is 6.07 Å². The molecule has 2 heterocycles. The normalized spacial score (nSPS) is 30.1. The number of anilines is 2. The third kappa shape index (κ3) is 1.89. The number of rotatable bonds is 1. The number of likely N-dealkylation sites (N-methyl/N-ethyl adjacent to an activating group) is 1. The number of nitrogens with zero attached hydrogens (tertiary/aromatic N) is 2.